The van der Waals surface area contributed by atoms with E-state index in [0.717, 1.165) is 0 Å². The van der Waals surface area contributed by atoms with Gasteiger partial charge in [0.15, 0.2) is 5.82 Å². The molecule has 9 heteroatoms. The summed E-state index contributed by atoms with van der Waals surface area (Å²) in [7, 11) is 1.42. The van der Waals surface area contributed by atoms with Crippen molar-refractivity contribution in [3.8, 4) is 0 Å². The number of nitrogens with one attached hydrogen (secondary N) is 1. The van der Waals surface area contributed by atoms with Crippen LogP contribution in [0.4, 0.5) is 4.39 Å². The van der Waals surface area contributed by atoms with Crippen molar-refractivity contribution >= 4 is 11.8 Å². The molecule has 0 bridgehead atoms. The molecule has 8 nitrogen and oxygen atoms in total. The fraction of sp³-hybridized carbons (Fsp3) is 0.412. The van der Waals surface area contributed by atoms with Gasteiger partial charge in [0, 0.05) is 25.6 Å². The minimum atomic E-state index is -0.405. The molecule has 1 aliphatic heterocycles. The lowest BCUT2D eigenvalue weighted by Crippen LogP contribution is -2.28. The monoisotopic (exact) mass is 362 g/mol. The number of methoxy groups -OCH3 is 1. The Kier molecular flexibility index (Phi) is 5.57. The highest BCUT2D eigenvalue weighted by Gasteiger charge is 2.36. The first kappa shape index (κ1) is 18.0. The van der Waals surface area contributed by atoms with E-state index in [2.05, 4.69) is 15.5 Å². The van der Waals surface area contributed by atoms with E-state index in [0.29, 0.717) is 24.2 Å². The number of amides is 2. The highest BCUT2D eigenvalue weighted by Crippen LogP contribution is 2.33. The predicted molar refractivity (Wildman–Crippen MR) is 86.9 cm³/mol. The van der Waals surface area contributed by atoms with E-state index in [9.17, 15) is 14.0 Å². The Morgan fingerprint density at radius 1 is 1.46 bits per heavy atom. The van der Waals surface area contributed by atoms with Crippen LogP contribution in [0.5, 0.6) is 0 Å². The number of carbonyl (C=O) groups is 2. The van der Waals surface area contributed by atoms with Gasteiger partial charge in [-0.25, -0.2) is 4.39 Å². The number of rotatable bonds is 7. The van der Waals surface area contributed by atoms with E-state index in [1.807, 2.05) is 0 Å². The second-order valence-electron chi connectivity index (χ2n) is 5.93. The van der Waals surface area contributed by atoms with Crippen LogP contribution >= 0.6 is 0 Å². The Morgan fingerprint density at radius 3 is 3.04 bits per heavy atom. The summed E-state index contributed by atoms with van der Waals surface area (Å²) in [6, 6.07) is 5.92. The van der Waals surface area contributed by atoms with Gasteiger partial charge in [-0.05, 0) is 12.5 Å². The summed E-state index contributed by atoms with van der Waals surface area (Å²) in [6.07, 6.45) is 0.854. The van der Waals surface area contributed by atoms with Crippen molar-refractivity contribution in [1.82, 2.24) is 20.4 Å². The van der Waals surface area contributed by atoms with E-state index in [1.54, 1.807) is 23.1 Å². The zero-order chi connectivity index (χ0) is 18.5. The summed E-state index contributed by atoms with van der Waals surface area (Å²) in [4.78, 5) is 29.4. The van der Waals surface area contributed by atoms with Gasteiger partial charge in [0.2, 0.25) is 17.7 Å². The van der Waals surface area contributed by atoms with Gasteiger partial charge in [0.25, 0.3) is 0 Å². The van der Waals surface area contributed by atoms with Crippen LogP contribution < -0.4 is 5.32 Å². The van der Waals surface area contributed by atoms with E-state index in [4.69, 9.17) is 9.26 Å². The summed E-state index contributed by atoms with van der Waals surface area (Å²) in [5.74, 6) is -0.168. The summed E-state index contributed by atoms with van der Waals surface area (Å²) < 4.78 is 23.9. The minimum Gasteiger partial charge on any atom is -0.375 e. The van der Waals surface area contributed by atoms with E-state index in [1.165, 1.54) is 13.2 Å². The van der Waals surface area contributed by atoms with Gasteiger partial charge in [0.05, 0.1) is 6.54 Å². The fourth-order valence-electron chi connectivity index (χ4n) is 2.83. The number of benzene rings is 1. The predicted octanol–water partition coefficient (Wildman–Crippen LogP) is 1.33. The quantitative estimate of drug-likeness (QED) is 0.798. The first-order valence-electron chi connectivity index (χ1n) is 8.19. The third-order valence-corrected chi connectivity index (χ3v) is 4.11. The van der Waals surface area contributed by atoms with Crippen molar-refractivity contribution in [2.75, 3.05) is 13.7 Å². The van der Waals surface area contributed by atoms with Crippen LogP contribution in [0.15, 0.2) is 28.8 Å². The number of ether oxygens (including phenoxy) is 1. The lowest BCUT2D eigenvalue weighted by molar-refractivity contribution is -0.130. The van der Waals surface area contributed by atoms with Crippen molar-refractivity contribution < 1.29 is 23.2 Å². The first-order valence-corrected chi connectivity index (χ1v) is 8.19. The van der Waals surface area contributed by atoms with Crippen molar-refractivity contribution in [2.45, 2.75) is 32.0 Å². The molecule has 0 saturated carbocycles. The number of likely N-dealkylation sites (tertiary alicyclic amines) is 1. The zero-order valence-corrected chi connectivity index (χ0v) is 14.3. The summed E-state index contributed by atoms with van der Waals surface area (Å²) in [6.45, 7) is 0.177. The number of aromatic nitrogens is 2. The van der Waals surface area contributed by atoms with Gasteiger partial charge < -0.3 is 19.5 Å². The van der Waals surface area contributed by atoms with Gasteiger partial charge in [-0.15, -0.1) is 0 Å². The molecule has 0 aliphatic carbocycles. The van der Waals surface area contributed by atoms with Crippen LogP contribution in [-0.2, 0) is 27.4 Å². The molecule has 1 aromatic heterocycles. The van der Waals surface area contributed by atoms with Crippen LogP contribution in [0.25, 0.3) is 0 Å². The summed E-state index contributed by atoms with van der Waals surface area (Å²) in [5.41, 5.74) is 0.430. The third kappa shape index (κ3) is 4.05. The van der Waals surface area contributed by atoms with Crippen molar-refractivity contribution in [3.63, 3.8) is 0 Å². The molecule has 1 fully saturated rings. The van der Waals surface area contributed by atoms with Crippen LogP contribution in [0.2, 0.25) is 0 Å². The van der Waals surface area contributed by atoms with Crippen LogP contribution in [0.1, 0.15) is 36.2 Å². The Morgan fingerprint density at radius 2 is 2.27 bits per heavy atom. The van der Waals surface area contributed by atoms with Gasteiger partial charge in [0.1, 0.15) is 18.5 Å². The van der Waals surface area contributed by atoms with Gasteiger partial charge in [-0.3, -0.25) is 9.59 Å². The third-order valence-electron chi connectivity index (χ3n) is 4.11. The smallest absolute Gasteiger partial charge is 0.249 e. The number of carbonyl (C=O) groups excluding carboxylic acids is 2. The van der Waals surface area contributed by atoms with Crippen LogP contribution in [0, 0.1) is 5.82 Å². The Hall–Kier alpha value is -2.81. The molecular weight excluding hydrogens is 343 g/mol. The van der Waals surface area contributed by atoms with Crippen molar-refractivity contribution in [1.29, 1.82) is 0 Å². The normalized spacial score (nSPS) is 16.9. The molecule has 3 rings (SSSR count). The molecule has 1 aromatic carbocycles. The molecule has 0 unspecified atom stereocenters. The molecule has 0 radical (unpaired) electrons. The van der Waals surface area contributed by atoms with Gasteiger partial charge in [-0.1, -0.05) is 23.4 Å². The topological polar surface area (TPSA) is 97.6 Å². The molecule has 1 aliphatic rings. The standard InChI is InChI=1S/C17H19FN4O4/c1-25-10-15(23)19-8-14-20-17(26-21-14)13-6-7-16(24)22(13)9-11-4-2-3-5-12(11)18/h2-5,13H,6-10H2,1H3,(H,19,23)/t13-/m0/s1. The molecule has 138 valence electrons. The SMILES string of the molecule is COCC(=O)NCc1noc([C@@H]2CCC(=O)N2Cc2ccccc2F)n1. The fourth-order valence-corrected chi connectivity index (χ4v) is 2.83. The molecule has 2 aromatic rings. The molecule has 0 spiro atoms. The Labute approximate surface area is 149 Å². The maximum Gasteiger partial charge on any atom is 0.249 e. The first-order chi connectivity index (χ1) is 12.6. The van der Waals surface area contributed by atoms with Crippen molar-refractivity contribution in [2.24, 2.45) is 0 Å². The zero-order valence-electron chi connectivity index (χ0n) is 14.3. The van der Waals surface area contributed by atoms with E-state index < -0.39 is 6.04 Å². The Balaban J connectivity index is 1.69. The summed E-state index contributed by atoms with van der Waals surface area (Å²) >= 11 is 0. The highest BCUT2D eigenvalue weighted by atomic mass is 19.1. The lowest BCUT2D eigenvalue weighted by Gasteiger charge is -2.22. The highest BCUT2D eigenvalue weighted by molar-refractivity contribution is 5.79. The average molecular weight is 362 g/mol. The van der Waals surface area contributed by atoms with Gasteiger partial charge in [-0.2, -0.15) is 4.98 Å². The molecule has 1 saturated heterocycles. The van der Waals surface area contributed by atoms with Gasteiger partial charge >= 0.3 is 0 Å². The lowest BCUT2D eigenvalue weighted by atomic mass is 10.1. The maximum absolute atomic E-state index is 13.9. The molecule has 2 heterocycles. The number of hydrogen-bond donors (Lipinski definition) is 1. The second kappa shape index (κ2) is 8.05. The molecular formula is C17H19FN4O4. The number of hydrogen-bond acceptors (Lipinski definition) is 6. The van der Waals surface area contributed by atoms with Crippen molar-refractivity contribution in [3.05, 3.63) is 47.4 Å². The van der Waals surface area contributed by atoms with E-state index >= 15 is 0 Å². The molecule has 1 N–H and O–H groups in total. The average Bonchev–Trinajstić information content (AvgIpc) is 3.23. The Bertz CT molecular complexity index is 795. The minimum absolute atomic E-state index is 0.0573. The molecule has 2 amide bonds. The summed E-state index contributed by atoms with van der Waals surface area (Å²) in [5, 5.41) is 6.42. The van der Waals surface area contributed by atoms with E-state index in [-0.39, 0.29) is 43.2 Å². The number of halogens is 1. The van der Waals surface area contributed by atoms with Crippen LogP contribution in [0.3, 0.4) is 0 Å². The number of nitrogens with zero attached hydrogens (tertiary/aromatic N) is 3. The molecule has 1 atom stereocenters. The molecule has 26 heavy (non-hydrogen) atoms. The van der Waals surface area contributed by atoms with Crippen LogP contribution in [-0.4, -0.2) is 40.6 Å². The largest absolute Gasteiger partial charge is 0.375 e. The second-order valence-corrected chi connectivity index (χ2v) is 5.93. The maximum atomic E-state index is 13.9.